The largest absolute Gasteiger partial charge is 0.490 e. The second kappa shape index (κ2) is 9.85. The van der Waals surface area contributed by atoms with E-state index in [0.717, 1.165) is 38.8 Å². The van der Waals surface area contributed by atoms with E-state index in [9.17, 15) is 14.4 Å². The summed E-state index contributed by atoms with van der Waals surface area (Å²) in [7, 11) is 1.29. The maximum Gasteiger partial charge on any atom is 0.333 e. The molecule has 2 aliphatic rings. The van der Waals surface area contributed by atoms with Gasteiger partial charge in [-0.05, 0) is 42.7 Å². The van der Waals surface area contributed by atoms with E-state index in [2.05, 4.69) is 5.32 Å². The van der Waals surface area contributed by atoms with Crippen molar-refractivity contribution in [3.05, 3.63) is 65.7 Å². The molecule has 1 aliphatic heterocycles. The molecule has 1 atom stereocenters. The van der Waals surface area contributed by atoms with Gasteiger partial charge in [-0.1, -0.05) is 30.3 Å². The first kappa shape index (κ1) is 21.9. The summed E-state index contributed by atoms with van der Waals surface area (Å²) in [6.07, 6.45) is 3.72. The van der Waals surface area contributed by atoms with Crippen molar-refractivity contribution in [1.82, 2.24) is 10.2 Å². The molecular formula is C25H28N2O5. The fourth-order valence-corrected chi connectivity index (χ4v) is 3.92. The lowest BCUT2D eigenvalue weighted by Gasteiger charge is -2.32. The number of hydrogen-bond acceptors (Lipinski definition) is 5. The standard InChI is InChI=1S/C25H28N2O5/c1-31-25(30)22(17-5-3-2-4-6-17)26-23(28)18-9-11-20(12-10-18)32-21-13-15-27(16-14-21)24(29)19-7-8-19/h2-6,9-12,19,21-22H,7-8,13-16H2,1H3,(H,26,28)/t22-/m0/s1. The number of likely N-dealkylation sites (tertiary alicyclic amines) is 1. The number of ether oxygens (including phenoxy) is 2. The zero-order valence-electron chi connectivity index (χ0n) is 18.2. The number of methoxy groups -OCH3 is 1. The highest BCUT2D eigenvalue weighted by molar-refractivity contribution is 5.97. The van der Waals surface area contributed by atoms with Crippen molar-refractivity contribution in [1.29, 1.82) is 0 Å². The Hall–Kier alpha value is -3.35. The van der Waals surface area contributed by atoms with Crippen LogP contribution >= 0.6 is 0 Å². The maximum absolute atomic E-state index is 12.7. The van der Waals surface area contributed by atoms with Crippen molar-refractivity contribution < 1.29 is 23.9 Å². The molecule has 2 fully saturated rings. The van der Waals surface area contributed by atoms with E-state index in [1.165, 1.54) is 7.11 Å². The number of nitrogens with zero attached hydrogens (tertiary/aromatic N) is 1. The highest BCUT2D eigenvalue weighted by Gasteiger charge is 2.35. The third-order valence-electron chi connectivity index (χ3n) is 5.94. The summed E-state index contributed by atoms with van der Waals surface area (Å²) >= 11 is 0. The minimum atomic E-state index is -0.881. The molecule has 2 amide bonds. The van der Waals surface area contributed by atoms with Crippen molar-refractivity contribution in [3.63, 3.8) is 0 Å². The van der Waals surface area contributed by atoms with Crippen LogP contribution in [0.15, 0.2) is 54.6 Å². The van der Waals surface area contributed by atoms with Gasteiger partial charge in [0.15, 0.2) is 6.04 Å². The molecule has 1 saturated carbocycles. The third-order valence-corrected chi connectivity index (χ3v) is 5.94. The predicted molar refractivity (Wildman–Crippen MR) is 118 cm³/mol. The summed E-state index contributed by atoms with van der Waals surface area (Å²) in [5.41, 5.74) is 1.08. The number of amides is 2. The summed E-state index contributed by atoms with van der Waals surface area (Å²) in [6, 6.07) is 15.0. The molecule has 32 heavy (non-hydrogen) atoms. The van der Waals surface area contributed by atoms with Crippen LogP contribution in [0.4, 0.5) is 0 Å². The second-order valence-electron chi connectivity index (χ2n) is 8.28. The normalized spacial score (nSPS) is 17.3. The molecule has 7 nitrogen and oxygen atoms in total. The van der Waals surface area contributed by atoms with Gasteiger partial charge in [-0.25, -0.2) is 4.79 Å². The zero-order chi connectivity index (χ0) is 22.5. The Morgan fingerprint density at radius 1 is 0.938 bits per heavy atom. The van der Waals surface area contributed by atoms with Gasteiger partial charge < -0.3 is 19.7 Å². The fraction of sp³-hybridized carbons (Fsp3) is 0.400. The lowest BCUT2D eigenvalue weighted by molar-refractivity contribution is -0.143. The molecule has 0 spiro atoms. The molecule has 1 heterocycles. The van der Waals surface area contributed by atoms with E-state index in [-0.39, 0.29) is 17.9 Å². The molecule has 1 aliphatic carbocycles. The molecule has 0 radical (unpaired) electrons. The average Bonchev–Trinajstić information content (AvgIpc) is 3.68. The van der Waals surface area contributed by atoms with E-state index in [1.54, 1.807) is 48.5 Å². The van der Waals surface area contributed by atoms with Crippen molar-refractivity contribution in [2.45, 2.75) is 37.8 Å². The van der Waals surface area contributed by atoms with Crippen LogP contribution in [0.25, 0.3) is 0 Å². The van der Waals surface area contributed by atoms with Gasteiger partial charge >= 0.3 is 5.97 Å². The molecule has 0 aromatic heterocycles. The summed E-state index contributed by atoms with van der Waals surface area (Å²) in [4.78, 5) is 39.0. The summed E-state index contributed by atoms with van der Waals surface area (Å²) in [5.74, 6) is 0.325. The van der Waals surface area contributed by atoms with Crippen molar-refractivity contribution >= 4 is 17.8 Å². The Morgan fingerprint density at radius 3 is 2.19 bits per heavy atom. The summed E-state index contributed by atoms with van der Waals surface area (Å²) in [6.45, 7) is 1.46. The quantitative estimate of drug-likeness (QED) is 0.674. The van der Waals surface area contributed by atoms with Crippen LogP contribution in [-0.4, -0.2) is 49.0 Å². The number of nitrogens with one attached hydrogen (secondary N) is 1. The van der Waals surface area contributed by atoms with E-state index in [0.29, 0.717) is 22.8 Å². The molecular weight excluding hydrogens is 408 g/mol. The van der Waals surface area contributed by atoms with Crippen LogP contribution < -0.4 is 10.1 Å². The van der Waals surface area contributed by atoms with Gasteiger partial charge in [0, 0.05) is 37.4 Å². The fourth-order valence-electron chi connectivity index (χ4n) is 3.92. The first-order chi connectivity index (χ1) is 15.5. The number of hydrogen-bond donors (Lipinski definition) is 1. The first-order valence-corrected chi connectivity index (χ1v) is 11.0. The van der Waals surface area contributed by atoms with Crippen LogP contribution in [0.5, 0.6) is 5.75 Å². The van der Waals surface area contributed by atoms with E-state index >= 15 is 0 Å². The van der Waals surface area contributed by atoms with Crippen LogP contribution in [-0.2, 0) is 14.3 Å². The minimum absolute atomic E-state index is 0.0553. The highest BCUT2D eigenvalue weighted by atomic mass is 16.5. The van der Waals surface area contributed by atoms with Crippen molar-refractivity contribution in [2.75, 3.05) is 20.2 Å². The Kier molecular flexibility index (Phi) is 6.73. The maximum atomic E-state index is 12.7. The molecule has 2 aromatic carbocycles. The van der Waals surface area contributed by atoms with Crippen molar-refractivity contribution in [2.24, 2.45) is 5.92 Å². The first-order valence-electron chi connectivity index (χ1n) is 11.0. The van der Waals surface area contributed by atoms with Crippen LogP contribution in [0.3, 0.4) is 0 Å². The molecule has 1 saturated heterocycles. The number of piperidine rings is 1. The van der Waals surface area contributed by atoms with Gasteiger partial charge in [0.25, 0.3) is 5.91 Å². The third kappa shape index (κ3) is 5.28. The van der Waals surface area contributed by atoms with Gasteiger partial charge in [-0.3, -0.25) is 9.59 Å². The summed E-state index contributed by atoms with van der Waals surface area (Å²) < 4.78 is 10.9. The van der Waals surface area contributed by atoms with Crippen molar-refractivity contribution in [3.8, 4) is 5.75 Å². The van der Waals surface area contributed by atoms with Crippen LogP contribution in [0.2, 0.25) is 0 Å². The SMILES string of the molecule is COC(=O)[C@@H](NC(=O)c1ccc(OC2CCN(C(=O)C3CC3)CC2)cc1)c1ccccc1. The van der Waals surface area contributed by atoms with E-state index in [1.807, 2.05) is 11.0 Å². The lowest BCUT2D eigenvalue weighted by Crippen LogP contribution is -2.42. The Bertz CT molecular complexity index is 948. The number of carbonyl (C=O) groups is 3. The number of benzene rings is 2. The zero-order valence-corrected chi connectivity index (χ0v) is 18.2. The topological polar surface area (TPSA) is 84.9 Å². The second-order valence-corrected chi connectivity index (χ2v) is 8.28. The van der Waals surface area contributed by atoms with Gasteiger partial charge in [-0.15, -0.1) is 0 Å². The van der Waals surface area contributed by atoms with Gasteiger partial charge in [0.1, 0.15) is 11.9 Å². The Morgan fingerprint density at radius 2 is 1.59 bits per heavy atom. The van der Waals surface area contributed by atoms with Crippen LogP contribution in [0.1, 0.15) is 47.6 Å². The van der Waals surface area contributed by atoms with Gasteiger partial charge in [0.2, 0.25) is 5.91 Å². The molecule has 0 bridgehead atoms. The number of rotatable bonds is 7. The van der Waals surface area contributed by atoms with Crippen LogP contribution in [0, 0.1) is 5.92 Å². The molecule has 168 valence electrons. The Balaban J connectivity index is 1.32. The minimum Gasteiger partial charge on any atom is -0.490 e. The average molecular weight is 437 g/mol. The van der Waals surface area contributed by atoms with Gasteiger partial charge in [0.05, 0.1) is 7.11 Å². The molecule has 7 heteroatoms. The predicted octanol–water partition coefficient (Wildman–Crippen LogP) is 3.11. The lowest BCUT2D eigenvalue weighted by atomic mass is 10.1. The smallest absolute Gasteiger partial charge is 0.333 e. The molecule has 1 N–H and O–H groups in total. The monoisotopic (exact) mass is 436 g/mol. The molecule has 2 aromatic rings. The number of esters is 1. The van der Waals surface area contributed by atoms with E-state index < -0.39 is 12.0 Å². The molecule has 0 unspecified atom stereocenters. The number of carbonyl (C=O) groups excluding carboxylic acids is 3. The molecule has 4 rings (SSSR count). The summed E-state index contributed by atoms with van der Waals surface area (Å²) in [5, 5.41) is 2.74. The Labute approximate surface area is 187 Å². The highest BCUT2D eigenvalue weighted by Crippen LogP contribution is 2.32. The van der Waals surface area contributed by atoms with Gasteiger partial charge in [-0.2, -0.15) is 0 Å². The van der Waals surface area contributed by atoms with E-state index in [4.69, 9.17) is 9.47 Å².